The summed E-state index contributed by atoms with van der Waals surface area (Å²) < 4.78 is 10.6. The van der Waals surface area contributed by atoms with Gasteiger partial charge in [0.25, 0.3) is 0 Å². The van der Waals surface area contributed by atoms with Crippen LogP contribution >= 0.6 is 0 Å². The number of methoxy groups -OCH3 is 1. The molecule has 0 aromatic heterocycles. The molecule has 1 aliphatic rings. The van der Waals surface area contributed by atoms with Crippen LogP contribution in [0.15, 0.2) is 48.5 Å². The van der Waals surface area contributed by atoms with E-state index in [-0.39, 0.29) is 6.03 Å². The molecular weight excluding hydrogens is 330 g/mol. The fourth-order valence-electron chi connectivity index (χ4n) is 2.90. The molecule has 2 amide bonds. The van der Waals surface area contributed by atoms with Crippen molar-refractivity contribution in [2.24, 2.45) is 0 Å². The molecule has 26 heavy (non-hydrogen) atoms. The van der Waals surface area contributed by atoms with E-state index < -0.39 is 0 Å². The number of rotatable bonds is 5. The van der Waals surface area contributed by atoms with E-state index in [1.54, 1.807) is 25.1 Å². The monoisotopic (exact) mass is 355 g/mol. The van der Waals surface area contributed by atoms with Crippen LogP contribution in [0.1, 0.15) is 5.56 Å². The van der Waals surface area contributed by atoms with E-state index >= 15 is 0 Å². The maximum Gasteiger partial charge on any atom is 0.321 e. The van der Waals surface area contributed by atoms with Gasteiger partial charge >= 0.3 is 6.03 Å². The van der Waals surface area contributed by atoms with Crippen molar-refractivity contribution < 1.29 is 14.3 Å². The quantitative estimate of drug-likeness (QED) is 0.895. The van der Waals surface area contributed by atoms with Crippen LogP contribution in [0.25, 0.3) is 0 Å². The fourth-order valence-corrected chi connectivity index (χ4v) is 2.90. The third-order valence-corrected chi connectivity index (χ3v) is 4.40. The van der Waals surface area contributed by atoms with Crippen molar-refractivity contribution >= 4 is 17.4 Å². The van der Waals surface area contributed by atoms with Gasteiger partial charge in [-0.25, -0.2) is 4.79 Å². The van der Waals surface area contributed by atoms with Gasteiger partial charge in [0, 0.05) is 44.1 Å². The number of nitrogens with zero attached hydrogens (tertiary/aromatic N) is 2. The molecule has 0 radical (unpaired) electrons. The molecule has 1 saturated heterocycles. The zero-order chi connectivity index (χ0) is 18.4. The van der Waals surface area contributed by atoms with Crippen LogP contribution in [-0.4, -0.2) is 51.4 Å². The molecule has 1 heterocycles. The number of ether oxygens (including phenoxy) is 2. The van der Waals surface area contributed by atoms with Crippen LogP contribution < -0.4 is 15.0 Å². The second kappa shape index (κ2) is 8.58. The Morgan fingerprint density at radius 3 is 2.62 bits per heavy atom. The number of benzene rings is 2. The number of anilines is 2. The second-order valence-corrected chi connectivity index (χ2v) is 6.28. The molecule has 1 aliphatic heterocycles. The highest BCUT2D eigenvalue weighted by Gasteiger charge is 2.12. The van der Waals surface area contributed by atoms with Crippen LogP contribution in [0.3, 0.4) is 0 Å². The van der Waals surface area contributed by atoms with Gasteiger partial charge in [-0.3, -0.25) is 0 Å². The lowest BCUT2D eigenvalue weighted by Crippen LogP contribution is -2.36. The predicted octanol–water partition coefficient (Wildman–Crippen LogP) is 3.20. The normalized spacial score (nSPS) is 14.0. The second-order valence-electron chi connectivity index (χ2n) is 6.28. The molecule has 0 spiro atoms. The highest BCUT2D eigenvalue weighted by Crippen LogP contribution is 2.19. The largest absolute Gasteiger partial charge is 0.497 e. The first-order valence-electron chi connectivity index (χ1n) is 8.73. The molecule has 3 rings (SSSR count). The Balaban J connectivity index is 1.56. The molecule has 0 bridgehead atoms. The highest BCUT2D eigenvalue weighted by molar-refractivity contribution is 5.89. The summed E-state index contributed by atoms with van der Waals surface area (Å²) in [6.45, 7) is 3.92. The van der Waals surface area contributed by atoms with E-state index in [1.807, 2.05) is 18.2 Å². The minimum atomic E-state index is -0.157. The summed E-state index contributed by atoms with van der Waals surface area (Å²) in [6.07, 6.45) is 0. The first kappa shape index (κ1) is 18.1. The zero-order valence-corrected chi connectivity index (χ0v) is 15.3. The molecule has 1 N–H and O–H groups in total. The van der Waals surface area contributed by atoms with E-state index in [4.69, 9.17) is 9.47 Å². The van der Waals surface area contributed by atoms with Crippen molar-refractivity contribution in [1.29, 1.82) is 0 Å². The standard InChI is InChI=1S/C20H25N3O3/c1-22(20(24)21-17-4-3-5-19(14-17)25-2)15-16-6-8-18(9-7-16)23-10-12-26-13-11-23/h3-9,14H,10-13,15H2,1-2H3,(H,21,24). The molecule has 6 heteroatoms. The average molecular weight is 355 g/mol. The SMILES string of the molecule is COc1cccc(NC(=O)N(C)Cc2ccc(N3CCOCC3)cc2)c1. The third kappa shape index (κ3) is 4.67. The molecular formula is C20H25N3O3. The van der Waals surface area contributed by atoms with Gasteiger partial charge < -0.3 is 24.6 Å². The Bertz CT molecular complexity index is 727. The Labute approximate surface area is 154 Å². The molecule has 6 nitrogen and oxygen atoms in total. The van der Waals surface area contributed by atoms with E-state index in [0.29, 0.717) is 18.0 Å². The number of carbonyl (C=O) groups is 1. The van der Waals surface area contributed by atoms with Gasteiger partial charge in [-0.05, 0) is 29.8 Å². The van der Waals surface area contributed by atoms with Crippen molar-refractivity contribution in [1.82, 2.24) is 4.90 Å². The van der Waals surface area contributed by atoms with Crippen molar-refractivity contribution in [2.45, 2.75) is 6.54 Å². The van der Waals surface area contributed by atoms with Crippen molar-refractivity contribution in [3.8, 4) is 5.75 Å². The molecule has 2 aromatic carbocycles. The lowest BCUT2D eigenvalue weighted by Gasteiger charge is -2.29. The smallest absolute Gasteiger partial charge is 0.321 e. The summed E-state index contributed by atoms with van der Waals surface area (Å²) in [4.78, 5) is 16.4. The number of hydrogen-bond acceptors (Lipinski definition) is 4. The summed E-state index contributed by atoms with van der Waals surface area (Å²) in [5, 5.41) is 2.88. The molecule has 0 aliphatic carbocycles. The molecule has 2 aromatic rings. The number of carbonyl (C=O) groups excluding carboxylic acids is 1. The molecule has 0 unspecified atom stereocenters. The predicted molar refractivity (Wildman–Crippen MR) is 103 cm³/mol. The topological polar surface area (TPSA) is 54.0 Å². The maximum absolute atomic E-state index is 12.4. The van der Waals surface area contributed by atoms with E-state index in [9.17, 15) is 4.79 Å². The van der Waals surface area contributed by atoms with E-state index in [1.165, 1.54) is 5.69 Å². The van der Waals surface area contributed by atoms with Crippen molar-refractivity contribution in [2.75, 3.05) is 50.7 Å². The Hall–Kier alpha value is -2.73. The Morgan fingerprint density at radius 2 is 1.92 bits per heavy atom. The van der Waals surface area contributed by atoms with Gasteiger partial charge in [0.05, 0.1) is 20.3 Å². The van der Waals surface area contributed by atoms with Gasteiger partial charge in [-0.15, -0.1) is 0 Å². The number of amides is 2. The Kier molecular flexibility index (Phi) is 5.96. The minimum absolute atomic E-state index is 0.157. The fraction of sp³-hybridized carbons (Fsp3) is 0.350. The van der Waals surface area contributed by atoms with Crippen LogP contribution in [0.5, 0.6) is 5.75 Å². The van der Waals surface area contributed by atoms with Crippen LogP contribution in [0.2, 0.25) is 0 Å². The van der Waals surface area contributed by atoms with Gasteiger partial charge in [0.1, 0.15) is 5.75 Å². The first-order chi connectivity index (χ1) is 12.7. The number of morpholine rings is 1. The van der Waals surface area contributed by atoms with Gasteiger partial charge in [0.2, 0.25) is 0 Å². The molecule has 1 fully saturated rings. The molecule has 0 atom stereocenters. The third-order valence-electron chi connectivity index (χ3n) is 4.40. The van der Waals surface area contributed by atoms with Crippen LogP contribution in [-0.2, 0) is 11.3 Å². The lowest BCUT2D eigenvalue weighted by atomic mass is 10.2. The van der Waals surface area contributed by atoms with Crippen molar-refractivity contribution in [3.63, 3.8) is 0 Å². The van der Waals surface area contributed by atoms with E-state index in [0.717, 1.165) is 31.9 Å². The number of nitrogens with one attached hydrogen (secondary N) is 1. The summed E-state index contributed by atoms with van der Waals surface area (Å²) >= 11 is 0. The Morgan fingerprint density at radius 1 is 1.19 bits per heavy atom. The molecule has 138 valence electrons. The summed E-state index contributed by atoms with van der Waals surface area (Å²) in [5.41, 5.74) is 3.00. The highest BCUT2D eigenvalue weighted by atomic mass is 16.5. The van der Waals surface area contributed by atoms with Gasteiger partial charge in [-0.1, -0.05) is 18.2 Å². The number of hydrogen-bond donors (Lipinski definition) is 1. The summed E-state index contributed by atoms with van der Waals surface area (Å²) in [5.74, 6) is 0.712. The van der Waals surface area contributed by atoms with Gasteiger partial charge in [0.15, 0.2) is 0 Å². The van der Waals surface area contributed by atoms with E-state index in [2.05, 4.69) is 34.5 Å². The zero-order valence-electron chi connectivity index (χ0n) is 15.3. The van der Waals surface area contributed by atoms with Crippen LogP contribution in [0, 0.1) is 0 Å². The lowest BCUT2D eigenvalue weighted by molar-refractivity contribution is 0.122. The first-order valence-corrected chi connectivity index (χ1v) is 8.73. The van der Waals surface area contributed by atoms with Gasteiger partial charge in [-0.2, -0.15) is 0 Å². The summed E-state index contributed by atoms with van der Waals surface area (Å²) in [7, 11) is 3.39. The average Bonchev–Trinajstić information content (AvgIpc) is 2.69. The van der Waals surface area contributed by atoms with Crippen LogP contribution in [0.4, 0.5) is 16.2 Å². The maximum atomic E-state index is 12.4. The molecule has 0 saturated carbocycles. The van der Waals surface area contributed by atoms with Crippen molar-refractivity contribution in [3.05, 3.63) is 54.1 Å². The summed E-state index contributed by atoms with van der Waals surface area (Å²) in [6, 6.07) is 15.5. The number of urea groups is 1. The minimum Gasteiger partial charge on any atom is -0.497 e.